The highest BCUT2D eigenvalue weighted by atomic mass is 16.5. The van der Waals surface area contributed by atoms with Gasteiger partial charge in [-0.25, -0.2) is 0 Å². The van der Waals surface area contributed by atoms with Crippen molar-refractivity contribution in [3.05, 3.63) is 94.6 Å². The molecule has 0 radical (unpaired) electrons. The largest absolute Gasteiger partial charge is 0.507 e. The SMILES string of the molecule is CCN(CC)c1ccc(C2/C(=C(\O)c3cc(C(C)(C)C)ccc3OC)C(=O)C(=O)N2c2ccc(C(C)C)cc2)cc1. The highest BCUT2D eigenvalue weighted by Crippen LogP contribution is 2.44. The molecule has 1 atom stereocenters. The number of aliphatic hydroxyl groups excluding tert-OH is 1. The van der Waals surface area contributed by atoms with Gasteiger partial charge in [0.1, 0.15) is 11.5 Å². The number of carbonyl (C=O) groups is 2. The molecule has 6 nitrogen and oxygen atoms in total. The summed E-state index contributed by atoms with van der Waals surface area (Å²) in [6.45, 7) is 16.4. The molecule has 1 saturated heterocycles. The standard InChI is InChI=1S/C35H42N2O4/c1-9-36(10-2)26-16-13-24(14-17-26)31-30(32(38)28-21-25(35(5,6)7)15-20-29(28)41-8)33(39)34(40)37(31)27-18-11-23(12-19-27)22(3)4/h11-22,31,38H,9-10H2,1-8H3/b32-30+. The van der Waals surface area contributed by atoms with Crippen LogP contribution >= 0.6 is 0 Å². The zero-order valence-electron chi connectivity index (χ0n) is 25.5. The number of carbonyl (C=O) groups excluding carboxylic acids is 2. The average Bonchev–Trinajstić information content (AvgIpc) is 3.22. The Morgan fingerprint density at radius 2 is 1.56 bits per heavy atom. The fourth-order valence-electron chi connectivity index (χ4n) is 5.39. The molecule has 1 N–H and O–H groups in total. The number of aliphatic hydroxyl groups is 1. The molecule has 1 aliphatic rings. The maximum atomic E-state index is 13.8. The van der Waals surface area contributed by atoms with Crippen LogP contribution in [0.1, 0.15) is 82.7 Å². The van der Waals surface area contributed by atoms with E-state index in [-0.39, 0.29) is 16.7 Å². The number of benzene rings is 3. The number of methoxy groups -OCH3 is 1. The lowest BCUT2D eigenvalue weighted by Crippen LogP contribution is -2.29. The Kier molecular flexibility index (Phi) is 8.62. The number of hydrogen-bond donors (Lipinski definition) is 1. The zero-order chi connectivity index (χ0) is 30.1. The molecule has 1 aliphatic heterocycles. The molecule has 0 aromatic heterocycles. The summed E-state index contributed by atoms with van der Waals surface area (Å²) in [6, 6.07) is 20.4. The van der Waals surface area contributed by atoms with Crippen molar-refractivity contribution in [3.8, 4) is 5.75 Å². The van der Waals surface area contributed by atoms with E-state index in [1.807, 2.05) is 60.7 Å². The number of amides is 1. The monoisotopic (exact) mass is 554 g/mol. The fourth-order valence-corrected chi connectivity index (χ4v) is 5.39. The van der Waals surface area contributed by atoms with Gasteiger partial charge in [-0.3, -0.25) is 14.5 Å². The first-order chi connectivity index (χ1) is 19.4. The highest BCUT2D eigenvalue weighted by Gasteiger charge is 2.47. The van der Waals surface area contributed by atoms with Gasteiger partial charge < -0.3 is 14.7 Å². The summed E-state index contributed by atoms with van der Waals surface area (Å²) in [5.74, 6) is -0.890. The molecule has 1 fully saturated rings. The second-order valence-electron chi connectivity index (χ2n) is 11.8. The third-order valence-corrected chi connectivity index (χ3v) is 7.94. The molecule has 1 amide bonds. The van der Waals surface area contributed by atoms with E-state index in [9.17, 15) is 14.7 Å². The minimum absolute atomic E-state index is 0.0443. The van der Waals surface area contributed by atoms with Crippen molar-refractivity contribution in [1.29, 1.82) is 0 Å². The summed E-state index contributed by atoms with van der Waals surface area (Å²) in [4.78, 5) is 31.2. The smallest absolute Gasteiger partial charge is 0.300 e. The van der Waals surface area contributed by atoms with Crippen LogP contribution in [0.15, 0.2) is 72.3 Å². The van der Waals surface area contributed by atoms with E-state index in [1.165, 1.54) is 12.0 Å². The van der Waals surface area contributed by atoms with E-state index in [2.05, 4.69) is 53.4 Å². The van der Waals surface area contributed by atoms with Gasteiger partial charge in [-0.2, -0.15) is 0 Å². The lowest BCUT2D eigenvalue weighted by molar-refractivity contribution is -0.132. The van der Waals surface area contributed by atoms with Crippen LogP contribution in [-0.2, 0) is 15.0 Å². The van der Waals surface area contributed by atoms with Crippen LogP contribution in [0, 0.1) is 0 Å². The van der Waals surface area contributed by atoms with Crippen molar-refractivity contribution in [3.63, 3.8) is 0 Å². The Balaban J connectivity index is 1.95. The lowest BCUT2D eigenvalue weighted by Gasteiger charge is -2.27. The number of hydrogen-bond acceptors (Lipinski definition) is 5. The summed E-state index contributed by atoms with van der Waals surface area (Å²) >= 11 is 0. The second kappa shape index (κ2) is 11.8. The normalized spacial score (nSPS) is 16.9. The molecule has 4 rings (SSSR count). The summed E-state index contributed by atoms with van der Waals surface area (Å²) in [6.07, 6.45) is 0. The van der Waals surface area contributed by atoms with Gasteiger partial charge in [0, 0.05) is 24.5 Å². The van der Waals surface area contributed by atoms with E-state index in [1.54, 1.807) is 6.07 Å². The van der Waals surface area contributed by atoms with Crippen LogP contribution in [0.2, 0.25) is 0 Å². The molecule has 6 heteroatoms. The van der Waals surface area contributed by atoms with Crippen molar-refractivity contribution in [2.24, 2.45) is 0 Å². The summed E-state index contributed by atoms with van der Waals surface area (Å²) in [5.41, 5.74) is 4.72. The van der Waals surface area contributed by atoms with E-state index in [4.69, 9.17) is 4.74 Å². The second-order valence-corrected chi connectivity index (χ2v) is 11.8. The Morgan fingerprint density at radius 3 is 2.07 bits per heavy atom. The molecule has 3 aromatic rings. The first-order valence-corrected chi connectivity index (χ1v) is 14.4. The molecule has 3 aromatic carbocycles. The van der Waals surface area contributed by atoms with Crippen LogP contribution in [-0.4, -0.2) is 37.0 Å². The zero-order valence-corrected chi connectivity index (χ0v) is 25.5. The molecule has 41 heavy (non-hydrogen) atoms. The minimum Gasteiger partial charge on any atom is -0.507 e. The van der Waals surface area contributed by atoms with E-state index in [0.29, 0.717) is 22.9 Å². The molecular weight excluding hydrogens is 512 g/mol. The van der Waals surface area contributed by atoms with Crippen LogP contribution in [0.3, 0.4) is 0 Å². The van der Waals surface area contributed by atoms with Crippen molar-refractivity contribution >= 4 is 28.8 Å². The van der Waals surface area contributed by atoms with Crippen molar-refractivity contribution in [1.82, 2.24) is 0 Å². The predicted molar refractivity (Wildman–Crippen MR) is 167 cm³/mol. The molecule has 0 saturated carbocycles. The first kappa shape index (κ1) is 29.9. The average molecular weight is 555 g/mol. The van der Waals surface area contributed by atoms with Gasteiger partial charge in [0.25, 0.3) is 11.7 Å². The third kappa shape index (κ3) is 5.74. The summed E-state index contributed by atoms with van der Waals surface area (Å²) in [5, 5.41) is 11.8. The van der Waals surface area contributed by atoms with E-state index < -0.39 is 17.7 Å². The lowest BCUT2D eigenvalue weighted by atomic mass is 9.85. The van der Waals surface area contributed by atoms with Crippen LogP contribution in [0.25, 0.3) is 5.76 Å². The van der Waals surface area contributed by atoms with Gasteiger partial charge in [-0.15, -0.1) is 0 Å². The van der Waals surface area contributed by atoms with E-state index >= 15 is 0 Å². The van der Waals surface area contributed by atoms with Crippen molar-refractivity contribution in [2.45, 2.75) is 65.8 Å². The Labute approximate surface area is 244 Å². The molecule has 0 aliphatic carbocycles. The third-order valence-electron chi connectivity index (χ3n) is 7.94. The maximum Gasteiger partial charge on any atom is 0.300 e. The number of ketones is 1. The topological polar surface area (TPSA) is 70.1 Å². The molecule has 216 valence electrons. The van der Waals surface area contributed by atoms with Crippen LogP contribution in [0.4, 0.5) is 11.4 Å². The molecule has 1 unspecified atom stereocenters. The van der Waals surface area contributed by atoms with Crippen molar-refractivity contribution < 1.29 is 19.4 Å². The Bertz CT molecular complexity index is 1440. The number of Topliss-reactive ketones (excluding diaryl/α,β-unsaturated/α-hetero) is 1. The van der Waals surface area contributed by atoms with Gasteiger partial charge in [0.2, 0.25) is 0 Å². The van der Waals surface area contributed by atoms with Crippen LogP contribution < -0.4 is 14.5 Å². The van der Waals surface area contributed by atoms with Gasteiger partial charge in [-0.05, 0) is 78.3 Å². The summed E-state index contributed by atoms with van der Waals surface area (Å²) < 4.78 is 5.60. The molecule has 0 bridgehead atoms. The van der Waals surface area contributed by atoms with Gasteiger partial charge >= 0.3 is 0 Å². The van der Waals surface area contributed by atoms with Crippen molar-refractivity contribution in [2.75, 3.05) is 30.0 Å². The number of nitrogens with zero attached hydrogens (tertiary/aromatic N) is 2. The minimum atomic E-state index is -0.811. The van der Waals surface area contributed by atoms with Gasteiger partial charge in [0.05, 0.1) is 24.3 Å². The number of ether oxygens (including phenoxy) is 1. The molecular formula is C35H42N2O4. The van der Waals surface area contributed by atoms with Crippen LogP contribution in [0.5, 0.6) is 5.75 Å². The predicted octanol–water partition coefficient (Wildman–Crippen LogP) is 7.59. The van der Waals surface area contributed by atoms with Gasteiger partial charge in [-0.1, -0.05) is 65.0 Å². The fraction of sp³-hybridized carbons (Fsp3) is 0.371. The molecule has 1 heterocycles. The number of anilines is 2. The molecule has 0 spiro atoms. The first-order valence-electron chi connectivity index (χ1n) is 14.4. The van der Waals surface area contributed by atoms with E-state index in [0.717, 1.165) is 35.5 Å². The highest BCUT2D eigenvalue weighted by molar-refractivity contribution is 6.51. The maximum absolute atomic E-state index is 13.8. The number of rotatable bonds is 8. The quantitative estimate of drug-likeness (QED) is 0.176. The Morgan fingerprint density at radius 1 is 0.951 bits per heavy atom. The summed E-state index contributed by atoms with van der Waals surface area (Å²) in [7, 11) is 1.53. The Hall–Kier alpha value is -4.06. The van der Waals surface area contributed by atoms with Gasteiger partial charge in [0.15, 0.2) is 0 Å².